The van der Waals surface area contributed by atoms with E-state index < -0.39 is 0 Å². The van der Waals surface area contributed by atoms with Crippen molar-refractivity contribution in [1.29, 1.82) is 0 Å². The fourth-order valence-electron chi connectivity index (χ4n) is 0.934. The molecule has 0 aromatic rings. The van der Waals surface area contributed by atoms with Crippen LogP contribution in [0.25, 0.3) is 0 Å². The maximum atomic E-state index is 6.00. The Balaban J connectivity index is 1.81. The van der Waals surface area contributed by atoms with Crippen molar-refractivity contribution in [3.63, 3.8) is 0 Å². The second-order valence-electron chi connectivity index (χ2n) is 2.81. The molecule has 2 fully saturated rings. The van der Waals surface area contributed by atoms with E-state index in [0.29, 0.717) is 6.10 Å². The van der Waals surface area contributed by atoms with Crippen LogP contribution < -0.4 is 0 Å². The summed E-state index contributed by atoms with van der Waals surface area (Å²) >= 11 is 6.00. The van der Waals surface area contributed by atoms with E-state index in [1.165, 1.54) is 12.8 Å². The Bertz CT molecular complexity index is 105. The second kappa shape index (κ2) is 1.39. The van der Waals surface area contributed by atoms with Crippen LogP contribution in [0, 0.1) is 0 Å². The van der Waals surface area contributed by atoms with Crippen molar-refractivity contribution in [2.75, 3.05) is 6.61 Å². The molecule has 2 heteroatoms. The molecule has 1 saturated heterocycles. The van der Waals surface area contributed by atoms with Gasteiger partial charge in [0.2, 0.25) is 0 Å². The first-order chi connectivity index (χ1) is 3.79. The van der Waals surface area contributed by atoms with E-state index in [1.54, 1.807) is 0 Å². The summed E-state index contributed by atoms with van der Waals surface area (Å²) in [5, 5.41) is 0. The summed E-state index contributed by atoms with van der Waals surface area (Å²) in [6, 6.07) is 0. The fraction of sp³-hybridized carbons (Fsp3) is 1.00. The number of ether oxygens (including phenoxy) is 1. The molecule has 0 spiro atoms. The van der Waals surface area contributed by atoms with Gasteiger partial charge in [-0.05, 0) is 19.3 Å². The molecule has 1 aliphatic heterocycles. The molecule has 1 atom stereocenters. The lowest BCUT2D eigenvalue weighted by atomic mass is 10.2. The van der Waals surface area contributed by atoms with Crippen molar-refractivity contribution in [2.24, 2.45) is 0 Å². The average Bonchev–Trinajstić information content (AvgIpc) is 2.49. The maximum absolute atomic E-state index is 6.00. The fourth-order valence-corrected chi connectivity index (χ4v) is 1.20. The third kappa shape index (κ3) is 0.981. The van der Waals surface area contributed by atoms with E-state index in [9.17, 15) is 0 Å². The first-order valence-electron chi connectivity index (χ1n) is 3.09. The van der Waals surface area contributed by atoms with Crippen molar-refractivity contribution in [2.45, 2.75) is 30.2 Å². The average molecular weight is 133 g/mol. The third-order valence-corrected chi connectivity index (χ3v) is 2.32. The van der Waals surface area contributed by atoms with Crippen LogP contribution in [0.5, 0.6) is 0 Å². The molecule has 2 aliphatic rings. The number of alkyl halides is 1. The van der Waals surface area contributed by atoms with Gasteiger partial charge in [0, 0.05) is 4.87 Å². The summed E-state index contributed by atoms with van der Waals surface area (Å²) in [6.45, 7) is 0.953. The van der Waals surface area contributed by atoms with Crippen LogP contribution in [0.2, 0.25) is 0 Å². The van der Waals surface area contributed by atoms with Crippen molar-refractivity contribution in [3.05, 3.63) is 0 Å². The molecule has 1 unspecified atom stereocenters. The summed E-state index contributed by atoms with van der Waals surface area (Å²) in [7, 11) is 0. The monoisotopic (exact) mass is 132 g/mol. The van der Waals surface area contributed by atoms with Crippen LogP contribution in [0.4, 0.5) is 0 Å². The molecule has 0 radical (unpaired) electrons. The molecule has 1 heterocycles. The Labute approximate surface area is 54.0 Å². The highest BCUT2D eigenvalue weighted by atomic mass is 35.5. The lowest BCUT2D eigenvalue weighted by Gasteiger charge is -1.98. The van der Waals surface area contributed by atoms with Gasteiger partial charge < -0.3 is 4.74 Å². The van der Waals surface area contributed by atoms with Crippen molar-refractivity contribution >= 4 is 11.6 Å². The summed E-state index contributed by atoms with van der Waals surface area (Å²) < 4.78 is 5.04. The highest BCUT2D eigenvalue weighted by Crippen LogP contribution is 2.48. The number of rotatable bonds is 2. The standard InChI is InChI=1S/C6H9ClO/c7-6(1-2-6)3-5-4-8-5/h5H,1-4H2. The van der Waals surface area contributed by atoms with Crippen LogP contribution in [0.1, 0.15) is 19.3 Å². The highest BCUT2D eigenvalue weighted by molar-refractivity contribution is 6.25. The number of hydrogen-bond acceptors (Lipinski definition) is 1. The zero-order valence-corrected chi connectivity index (χ0v) is 5.45. The molecule has 1 saturated carbocycles. The van der Waals surface area contributed by atoms with E-state index in [4.69, 9.17) is 16.3 Å². The Morgan fingerprint density at radius 3 is 2.62 bits per heavy atom. The van der Waals surface area contributed by atoms with Crippen molar-refractivity contribution < 1.29 is 4.74 Å². The van der Waals surface area contributed by atoms with Crippen molar-refractivity contribution in [3.8, 4) is 0 Å². The second-order valence-corrected chi connectivity index (χ2v) is 3.61. The third-order valence-electron chi connectivity index (χ3n) is 1.79. The van der Waals surface area contributed by atoms with Gasteiger partial charge in [0.15, 0.2) is 0 Å². The highest BCUT2D eigenvalue weighted by Gasteiger charge is 2.45. The lowest BCUT2D eigenvalue weighted by molar-refractivity contribution is 0.391. The van der Waals surface area contributed by atoms with Gasteiger partial charge in [0.25, 0.3) is 0 Å². The first kappa shape index (κ1) is 5.07. The van der Waals surface area contributed by atoms with E-state index in [2.05, 4.69) is 0 Å². The van der Waals surface area contributed by atoms with Gasteiger partial charge in [-0.3, -0.25) is 0 Å². The zero-order valence-electron chi connectivity index (χ0n) is 4.69. The predicted octanol–water partition coefficient (Wildman–Crippen LogP) is 1.55. The summed E-state index contributed by atoms with van der Waals surface area (Å²) in [4.78, 5) is 0.182. The topological polar surface area (TPSA) is 12.5 Å². The van der Waals surface area contributed by atoms with Crippen LogP contribution >= 0.6 is 11.6 Å². The molecule has 0 N–H and O–H groups in total. The van der Waals surface area contributed by atoms with Gasteiger partial charge in [-0.1, -0.05) is 0 Å². The first-order valence-corrected chi connectivity index (χ1v) is 3.47. The van der Waals surface area contributed by atoms with Crippen LogP contribution in [0.15, 0.2) is 0 Å². The van der Waals surface area contributed by atoms with Crippen LogP contribution in [-0.2, 0) is 4.74 Å². The smallest absolute Gasteiger partial charge is 0.0826 e. The molecule has 1 aliphatic carbocycles. The summed E-state index contributed by atoms with van der Waals surface area (Å²) in [5.41, 5.74) is 0. The SMILES string of the molecule is ClC1(CC2CO2)CC1. The maximum Gasteiger partial charge on any atom is 0.0826 e. The number of hydrogen-bond donors (Lipinski definition) is 0. The van der Waals surface area contributed by atoms with E-state index >= 15 is 0 Å². The molecule has 0 aromatic heterocycles. The molecule has 0 bridgehead atoms. The molecule has 2 rings (SSSR count). The molecule has 0 aromatic carbocycles. The van der Waals surface area contributed by atoms with Gasteiger partial charge in [-0.2, -0.15) is 0 Å². The van der Waals surface area contributed by atoms with E-state index in [0.717, 1.165) is 13.0 Å². The quantitative estimate of drug-likeness (QED) is 0.410. The van der Waals surface area contributed by atoms with Gasteiger partial charge in [-0.25, -0.2) is 0 Å². The molecular weight excluding hydrogens is 124 g/mol. The number of epoxide rings is 1. The lowest BCUT2D eigenvalue weighted by Crippen LogP contribution is -2.01. The largest absolute Gasteiger partial charge is 0.373 e. The van der Waals surface area contributed by atoms with Crippen LogP contribution in [0.3, 0.4) is 0 Å². The van der Waals surface area contributed by atoms with Gasteiger partial charge >= 0.3 is 0 Å². The van der Waals surface area contributed by atoms with Gasteiger partial charge in [0.1, 0.15) is 0 Å². The molecule has 46 valence electrons. The molecule has 0 amide bonds. The Hall–Kier alpha value is 0.250. The van der Waals surface area contributed by atoms with E-state index in [1.807, 2.05) is 0 Å². The zero-order chi connectivity index (χ0) is 5.61. The minimum absolute atomic E-state index is 0.182. The Morgan fingerprint density at radius 1 is 1.62 bits per heavy atom. The number of halogens is 1. The summed E-state index contributed by atoms with van der Waals surface area (Å²) in [5.74, 6) is 0. The van der Waals surface area contributed by atoms with Crippen LogP contribution in [-0.4, -0.2) is 17.6 Å². The van der Waals surface area contributed by atoms with Gasteiger partial charge in [0.05, 0.1) is 12.7 Å². The molecular formula is C6H9ClO. The minimum atomic E-state index is 0.182. The van der Waals surface area contributed by atoms with Gasteiger partial charge in [-0.15, -0.1) is 11.6 Å². The minimum Gasteiger partial charge on any atom is -0.373 e. The van der Waals surface area contributed by atoms with Crippen molar-refractivity contribution in [1.82, 2.24) is 0 Å². The molecule has 8 heavy (non-hydrogen) atoms. The normalized spacial score (nSPS) is 39.4. The Kier molecular flexibility index (Phi) is 0.884. The summed E-state index contributed by atoms with van der Waals surface area (Å²) in [6.07, 6.45) is 4.02. The predicted molar refractivity (Wildman–Crippen MR) is 32.2 cm³/mol. The molecule has 1 nitrogen and oxygen atoms in total. The Morgan fingerprint density at radius 2 is 2.25 bits per heavy atom. The van der Waals surface area contributed by atoms with E-state index in [-0.39, 0.29) is 4.87 Å².